The van der Waals surface area contributed by atoms with E-state index in [1.165, 1.54) is 38.8 Å². The number of hydrogen-bond donors (Lipinski definition) is 1. The lowest BCUT2D eigenvalue weighted by Gasteiger charge is -2.37. The molecule has 0 saturated carbocycles. The highest BCUT2D eigenvalue weighted by molar-refractivity contribution is 5.02. The molecule has 1 atom stereocenters. The fourth-order valence-corrected chi connectivity index (χ4v) is 3.12. The van der Waals surface area contributed by atoms with Crippen molar-refractivity contribution >= 4 is 0 Å². The van der Waals surface area contributed by atoms with Gasteiger partial charge in [-0.3, -0.25) is 4.90 Å². The van der Waals surface area contributed by atoms with E-state index < -0.39 is 0 Å². The van der Waals surface area contributed by atoms with E-state index in [1.54, 1.807) is 0 Å². The van der Waals surface area contributed by atoms with Crippen LogP contribution in [0.15, 0.2) is 0 Å². The lowest BCUT2D eigenvalue weighted by Crippen LogP contribution is -2.45. The van der Waals surface area contributed by atoms with E-state index in [2.05, 4.69) is 11.8 Å². The molecule has 70 valence electrons. The Hall–Kier alpha value is -0.0800. The van der Waals surface area contributed by atoms with Gasteiger partial charge in [0, 0.05) is 12.1 Å². The maximum atomic E-state index is 9.21. The fourth-order valence-electron chi connectivity index (χ4n) is 3.12. The Morgan fingerprint density at radius 3 is 2.42 bits per heavy atom. The Morgan fingerprint density at radius 1 is 1.33 bits per heavy atom. The standard InChI is InChI=1S/C10H19NO/c1-9(8-12)10-4-2-6-11(10)7-3-5-10/h9,12H,2-8H2,1H3. The molecule has 2 nitrogen and oxygen atoms in total. The molecule has 0 aromatic heterocycles. The largest absolute Gasteiger partial charge is 0.396 e. The van der Waals surface area contributed by atoms with Crippen LogP contribution in [0.3, 0.4) is 0 Å². The third-order valence-corrected chi connectivity index (χ3v) is 3.90. The van der Waals surface area contributed by atoms with Crippen molar-refractivity contribution < 1.29 is 5.11 Å². The third-order valence-electron chi connectivity index (χ3n) is 3.90. The second-order valence-electron chi connectivity index (χ2n) is 4.38. The highest BCUT2D eigenvalue weighted by Crippen LogP contribution is 2.43. The predicted molar refractivity (Wildman–Crippen MR) is 49.0 cm³/mol. The molecule has 2 saturated heterocycles. The van der Waals surface area contributed by atoms with Crippen molar-refractivity contribution in [3.63, 3.8) is 0 Å². The van der Waals surface area contributed by atoms with Crippen LogP contribution in [0.1, 0.15) is 32.6 Å². The Kier molecular flexibility index (Phi) is 2.13. The highest BCUT2D eigenvalue weighted by atomic mass is 16.3. The monoisotopic (exact) mass is 169 g/mol. The van der Waals surface area contributed by atoms with E-state index in [1.807, 2.05) is 0 Å². The molecule has 2 aliphatic heterocycles. The van der Waals surface area contributed by atoms with E-state index in [0.717, 1.165) is 0 Å². The van der Waals surface area contributed by atoms with E-state index in [9.17, 15) is 5.11 Å². The molecule has 0 radical (unpaired) electrons. The van der Waals surface area contributed by atoms with Gasteiger partial charge in [-0.1, -0.05) is 6.92 Å². The SMILES string of the molecule is CC(CO)C12CCCN1CCC2. The molecular formula is C10H19NO. The van der Waals surface area contributed by atoms with Gasteiger partial charge in [-0.2, -0.15) is 0 Å². The first-order valence-electron chi connectivity index (χ1n) is 5.15. The van der Waals surface area contributed by atoms with E-state index in [4.69, 9.17) is 0 Å². The van der Waals surface area contributed by atoms with Crippen LogP contribution in [-0.2, 0) is 0 Å². The van der Waals surface area contributed by atoms with Crippen LogP contribution in [-0.4, -0.2) is 35.2 Å². The maximum Gasteiger partial charge on any atom is 0.0474 e. The molecule has 2 rings (SSSR count). The number of fused-ring (bicyclic) bond motifs is 1. The molecule has 0 aromatic rings. The molecule has 12 heavy (non-hydrogen) atoms. The molecule has 2 fully saturated rings. The van der Waals surface area contributed by atoms with Crippen molar-refractivity contribution in [3.05, 3.63) is 0 Å². The molecule has 0 amide bonds. The minimum absolute atomic E-state index is 0.358. The molecule has 2 aliphatic rings. The molecular weight excluding hydrogens is 150 g/mol. The summed E-state index contributed by atoms with van der Waals surface area (Å²) in [5, 5.41) is 9.21. The Bertz CT molecular complexity index is 159. The van der Waals surface area contributed by atoms with Gasteiger partial charge in [0.25, 0.3) is 0 Å². The van der Waals surface area contributed by atoms with Crippen molar-refractivity contribution in [1.29, 1.82) is 0 Å². The summed E-state index contributed by atoms with van der Waals surface area (Å²) in [5.74, 6) is 0.475. The van der Waals surface area contributed by atoms with E-state index in [0.29, 0.717) is 18.1 Å². The highest BCUT2D eigenvalue weighted by Gasteiger charge is 2.47. The van der Waals surface area contributed by atoms with Gasteiger partial charge in [-0.25, -0.2) is 0 Å². The van der Waals surface area contributed by atoms with Crippen LogP contribution in [0, 0.1) is 5.92 Å². The van der Waals surface area contributed by atoms with Gasteiger partial charge in [0.05, 0.1) is 0 Å². The van der Waals surface area contributed by atoms with Crippen molar-refractivity contribution in [2.75, 3.05) is 19.7 Å². The summed E-state index contributed by atoms with van der Waals surface area (Å²) in [5.41, 5.74) is 0.398. The van der Waals surface area contributed by atoms with E-state index >= 15 is 0 Å². The van der Waals surface area contributed by atoms with Gasteiger partial charge >= 0.3 is 0 Å². The minimum atomic E-state index is 0.358. The number of aliphatic hydroxyl groups is 1. The first kappa shape index (κ1) is 8.52. The second kappa shape index (κ2) is 3.00. The topological polar surface area (TPSA) is 23.5 Å². The van der Waals surface area contributed by atoms with Crippen LogP contribution < -0.4 is 0 Å². The first-order valence-corrected chi connectivity index (χ1v) is 5.15. The van der Waals surface area contributed by atoms with Crippen molar-refractivity contribution in [2.24, 2.45) is 5.92 Å². The molecule has 0 aliphatic carbocycles. The molecule has 1 N–H and O–H groups in total. The number of hydrogen-bond acceptors (Lipinski definition) is 2. The van der Waals surface area contributed by atoms with Crippen molar-refractivity contribution in [1.82, 2.24) is 4.90 Å². The molecule has 1 unspecified atom stereocenters. The summed E-state index contributed by atoms with van der Waals surface area (Å²) in [4.78, 5) is 2.61. The van der Waals surface area contributed by atoms with Crippen LogP contribution in [0.5, 0.6) is 0 Å². The summed E-state index contributed by atoms with van der Waals surface area (Å²) < 4.78 is 0. The lowest BCUT2D eigenvalue weighted by atomic mass is 9.82. The Morgan fingerprint density at radius 2 is 1.92 bits per heavy atom. The smallest absolute Gasteiger partial charge is 0.0474 e. The molecule has 0 spiro atoms. The summed E-state index contributed by atoms with van der Waals surface area (Å²) in [6.45, 7) is 5.09. The molecule has 0 aromatic carbocycles. The van der Waals surface area contributed by atoms with Crippen LogP contribution in [0.2, 0.25) is 0 Å². The van der Waals surface area contributed by atoms with Crippen LogP contribution in [0.25, 0.3) is 0 Å². The maximum absolute atomic E-state index is 9.21. The fraction of sp³-hybridized carbons (Fsp3) is 1.00. The first-order chi connectivity index (χ1) is 5.79. The quantitative estimate of drug-likeness (QED) is 0.672. The zero-order chi connectivity index (χ0) is 8.60. The number of aliphatic hydroxyl groups excluding tert-OH is 1. The van der Waals surface area contributed by atoms with Crippen LogP contribution >= 0.6 is 0 Å². The normalized spacial score (nSPS) is 30.5. The van der Waals surface area contributed by atoms with Gasteiger partial charge in [0.1, 0.15) is 0 Å². The van der Waals surface area contributed by atoms with E-state index in [-0.39, 0.29) is 0 Å². The van der Waals surface area contributed by atoms with Gasteiger partial charge in [0.2, 0.25) is 0 Å². The van der Waals surface area contributed by atoms with Gasteiger partial charge in [-0.05, 0) is 44.7 Å². The summed E-state index contributed by atoms with van der Waals surface area (Å²) in [6.07, 6.45) is 5.30. The molecule has 2 heterocycles. The van der Waals surface area contributed by atoms with Crippen molar-refractivity contribution in [3.8, 4) is 0 Å². The number of rotatable bonds is 2. The van der Waals surface area contributed by atoms with Gasteiger partial charge in [-0.15, -0.1) is 0 Å². The number of nitrogens with zero attached hydrogens (tertiary/aromatic N) is 1. The average molecular weight is 169 g/mol. The Balaban J connectivity index is 2.16. The van der Waals surface area contributed by atoms with Crippen LogP contribution in [0.4, 0.5) is 0 Å². The summed E-state index contributed by atoms with van der Waals surface area (Å²) in [6, 6.07) is 0. The molecule has 2 heteroatoms. The minimum Gasteiger partial charge on any atom is -0.396 e. The van der Waals surface area contributed by atoms with Gasteiger partial charge in [0.15, 0.2) is 0 Å². The van der Waals surface area contributed by atoms with Crippen molar-refractivity contribution in [2.45, 2.75) is 38.1 Å². The Labute approximate surface area is 74.6 Å². The van der Waals surface area contributed by atoms with Gasteiger partial charge < -0.3 is 5.11 Å². The third kappa shape index (κ3) is 1.01. The summed E-state index contributed by atoms with van der Waals surface area (Å²) >= 11 is 0. The zero-order valence-electron chi connectivity index (χ0n) is 7.92. The average Bonchev–Trinajstić information content (AvgIpc) is 2.60. The summed E-state index contributed by atoms with van der Waals surface area (Å²) in [7, 11) is 0. The lowest BCUT2D eigenvalue weighted by molar-refractivity contribution is 0.0793. The predicted octanol–water partition coefficient (Wildman–Crippen LogP) is 1.24. The molecule has 0 bridgehead atoms. The second-order valence-corrected chi connectivity index (χ2v) is 4.38. The zero-order valence-corrected chi connectivity index (χ0v) is 7.92.